The van der Waals surface area contributed by atoms with Gasteiger partial charge in [0.25, 0.3) is 0 Å². The van der Waals surface area contributed by atoms with Crippen LogP contribution in [0.3, 0.4) is 0 Å². The highest BCUT2D eigenvalue weighted by Crippen LogP contribution is 2.40. The molecule has 2 amide bonds. The molecule has 2 saturated heterocycles. The van der Waals surface area contributed by atoms with Crippen LogP contribution in [0, 0.1) is 0 Å². The zero-order valence-electron chi connectivity index (χ0n) is 26.5. The van der Waals surface area contributed by atoms with Crippen LogP contribution in [0.5, 0.6) is 0 Å². The minimum atomic E-state index is -1.55. The monoisotopic (exact) mass is 596 g/mol. The maximum Gasteiger partial charge on any atom is 0.410 e. The summed E-state index contributed by atoms with van der Waals surface area (Å²) in [5, 5.41) is 15.2. The fraction of sp³-hybridized carbons (Fsp3) is 0.786. The molecule has 2 aromatic rings. The number of carbonyl (C=O) groups excluding carboxylic acids is 2. The van der Waals surface area contributed by atoms with Crippen LogP contribution in [0.1, 0.15) is 92.7 Å². The van der Waals surface area contributed by atoms with E-state index < -0.39 is 34.7 Å². The first-order chi connectivity index (χ1) is 19.2. The second-order valence-corrected chi connectivity index (χ2v) is 13.4. The van der Waals surface area contributed by atoms with Crippen LogP contribution >= 0.6 is 0 Å². The number of alkyl halides is 2. The Morgan fingerprint density at radius 1 is 0.762 bits per heavy atom. The first kappa shape index (κ1) is 33.2. The summed E-state index contributed by atoms with van der Waals surface area (Å²) >= 11 is 0. The Labute approximate surface area is 246 Å². The van der Waals surface area contributed by atoms with E-state index in [1.807, 2.05) is 55.4 Å². The molecule has 0 bridgehead atoms. The van der Waals surface area contributed by atoms with Crippen molar-refractivity contribution in [1.29, 1.82) is 0 Å². The van der Waals surface area contributed by atoms with Crippen LogP contribution in [0.4, 0.5) is 18.4 Å². The van der Waals surface area contributed by atoms with E-state index in [0.717, 1.165) is 0 Å². The van der Waals surface area contributed by atoms with E-state index in [1.165, 1.54) is 12.7 Å². The van der Waals surface area contributed by atoms with Crippen LogP contribution < -0.4 is 0 Å². The number of aromatic nitrogens is 6. The molecule has 0 saturated carbocycles. The second-order valence-electron chi connectivity index (χ2n) is 13.4. The lowest BCUT2D eigenvalue weighted by molar-refractivity contribution is -0.0200. The SMILES string of the molecule is C[C@H]1C[C@@](F)(c2nncn2C)CCN1C(=O)OC(C)(C)C.C[C@H]1C[C@](F)(c2nncn2C)CCN1C(=O)OC(C)(C)C. The standard InChI is InChI=1S/2C14H23FN4O2/c2*1-10-8-14(15,11-17-16-9-18(11)5)6-7-19(10)12(20)21-13(2,3)4/h2*9-10H,6-8H2,1-5H3/t10-,14+;10-,14-/m00/s1. The molecule has 4 atom stereocenters. The number of carbonyl (C=O) groups is 2. The number of halogens is 2. The lowest BCUT2D eigenvalue weighted by atomic mass is 9.88. The number of likely N-dealkylation sites (tertiary alicyclic amines) is 2. The number of nitrogens with zero attached hydrogens (tertiary/aromatic N) is 8. The van der Waals surface area contributed by atoms with Crippen LogP contribution in [-0.2, 0) is 34.9 Å². The van der Waals surface area contributed by atoms with E-state index in [0.29, 0.717) is 24.7 Å². The minimum absolute atomic E-state index is 0.193. The summed E-state index contributed by atoms with van der Waals surface area (Å²) in [7, 11) is 3.45. The number of hydrogen-bond acceptors (Lipinski definition) is 8. The van der Waals surface area contributed by atoms with Crippen molar-refractivity contribution < 1.29 is 27.8 Å². The fourth-order valence-electron chi connectivity index (χ4n) is 5.36. The molecule has 0 radical (unpaired) electrons. The van der Waals surface area contributed by atoms with Crippen LogP contribution in [-0.4, -0.2) is 87.9 Å². The summed E-state index contributed by atoms with van der Waals surface area (Å²) in [6.45, 7) is 15.2. The van der Waals surface area contributed by atoms with Crippen LogP contribution in [0.15, 0.2) is 12.7 Å². The molecule has 4 heterocycles. The van der Waals surface area contributed by atoms with Crippen molar-refractivity contribution in [3.8, 4) is 0 Å². The van der Waals surface area contributed by atoms with Gasteiger partial charge in [-0.25, -0.2) is 18.4 Å². The van der Waals surface area contributed by atoms with Gasteiger partial charge in [0.2, 0.25) is 0 Å². The third-order valence-electron chi connectivity index (χ3n) is 7.28. The maximum absolute atomic E-state index is 15.1. The third kappa shape index (κ3) is 7.94. The summed E-state index contributed by atoms with van der Waals surface area (Å²) in [6.07, 6.45) is 2.97. The van der Waals surface area contributed by atoms with Crippen LogP contribution in [0.2, 0.25) is 0 Å². The number of piperidine rings is 2. The van der Waals surface area contributed by atoms with E-state index in [4.69, 9.17) is 9.47 Å². The Hall–Kier alpha value is -3.32. The van der Waals surface area contributed by atoms with Gasteiger partial charge in [0.1, 0.15) is 23.9 Å². The van der Waals surface area contributed by atoms with Crippen molar-refractivity contribution in [3.05, 3.63) is 24.3 Å². The first-order valence-electron chi connectivity index (χ1n) is 14.3. The summed E-state index contributed by atoms with van der Waals surface area (Å²) in [5.74, 6) is 0.636. The molecular formula is C28H46F2N8O4. The van der Waals surface area contributed by atoms with E-state index in [9.17, 15) is 9.59 Å². The van der Waals surface area contributed by atoms with Gasteiger partial charge in [0, 0.05) is 65.0 Å². The third-order valence-corrected chi connectivity index (χ3v) is 7.28. The van der Waals surface area contributed by atoms with Crippen LogP contribution in [0.25, 0.3) is 0 Å². The van der Waals surface area contributed by atoms with Gasteiger partial charge in [-0.15, -0.1) is 20.4 Å². The summed E-state index contributed by atoms with van der Waals surface area (Å²) in [6, 6.07) is -0.509. The zero-order valence-corrected chi connectivity index (χ0v) is 26.5. The van der Waals surface area contributed by atoms with Crippen molar-refractivity contribution >= 4 is 12.2 Å². The normalized spacial score (nSPS) is 26.8. The number of aryl methyl sites for hydroxylation is 2. The Balaban J connectivity index is 0.000000230. The Morgan fingerprint density at radius 2 is 1.10 bits per heavy atom. The molecule has 2 aliphatic heterocycles. The largest absolute Gasteiger partial charge is 0.444 e. The predicted octanol–water partition coefficient (Wildman–Crippen LogP) is 4.80. The molecule has 42 heavy (non-hydrogen) atoms. The average molecular weight is 597 g/mol. The number of amides is 2. The number of hydrogen-bond donors (Lipinski definition) is 0. The molecule has 236 valence electrons. The second kappa shape index (κ2) is 12.1. The van der Waals surface area contributed by atoms with Gasteiger partial charge in [-0.3, -0.25) is 0 Å². The lowest BCUT2D eigenvalue weighted by Crippen LogP contribution is -2.50. The molecule has 14 heteroatoms. The molecule has 0 unspecified atom stereocenters. The minimum Gasteiger partial charge on any atom is -0.444 e. The molecule has 2 aliphatic rings. The molecule has 12 nitrogen and oxygen atoms in total. The van der Waals surface area contributed by atoms with Gasteiger partial charge in [0.05, 0.1) is 0 Å². The topological polar surface area (TPSA) is 121 Å². The highest BCUT2D eigenvalue weighted by molar-refractivity contribution is 5.69. The van der Waals surface area contributed by atoms with E-state index in [1.54, 1.807) is 33.0 Å². The highest BCUT2D eigenvalue weighted by Gasteiger charge is 2.46. The Bertz CT molecular complexity index is 1140. The van der Waals surface area contributed by atoms with Gasteiger partial charge in [-0.2, -0.15) is 0 Å². The summed E-state index contributed by atoms with van der Waals surface area (Å²) < 4.78 is 44.2. The summed E-state index contributed by atoms with van der Waals surface area (Å²) in [4.78, 5) is 27.4. The first-order valence-corrected chi connectivity index (χ1v) is 14.3. The van der Waals surface area contributed by atoms with Crippen molar-refractivity contribution in [2.24, 2.45) is 14.1 Å². The zero-order chi connectivity index (χ0) is 31.7. The van der Waals surface area contributed by atoms with Gasteiger partial charge < -0.3 is 28.4 Å². The molecule has 2 fully saturated rings. The molecule has 0 spiro atoms. The van der Waals surface area contributed by atoms with Crippen molar-refractivity contribution in [2.45, 2.75) is 116 Å². The molecule has 0 N–H and O–H groups in total. The lowest BCUT2D eigenvalue weighted by Gasteiger charge is -2.40. The molecule has 0 aliphatic carbocycles. The summed E-state index contributed by atoms with van der Waals surface area (Å²) in [5.41, 5.74) is -4.21. The van der Waals surface area contributed by atoms with Crippen molar-refractivity contribution in [1.82, 2.24) is 39.3 Å². The smallest absolute Gasteiger partial charge is 0.410 e. The van der Waals surface area contributed by atoms with Crippen molar-refractivity contribution in [3.63, 3.8) is 0 Å². The van der Waals surface area contributed by atoms with E-state index in [2.05, 4.69) is 20.4 Å². The Kier molecular flexibility index (Phi) is 9.57. The number of ether oxygens (including phenoxy) is 2. The molecular weight excluding hydrogens is 550 g/mol. The molecule has 0 aromatic carbocycles. The number of rotatable bonds is 2. The van der Waals surface area contributed by atoms with E-state index in [-0.39, 0.29) is 37.8 Å². The van der Waals surface area contributed by atoms with E-state index >= 15 is 8.78 Å². The average Bonchev–Trinajstić information content (AvgIpc) is 3.45. The highest BCUT2D eigenvalue weighted by atomic mass is 19.1. The molecule has 2 aromatic heterocycles. The predicted molar refractivity (Wildman–Crippen MR) is 151 cm³/mol. The Morgan fingerprint density at radius 3 is 1.33 bits per heavy atom. The van der Waals surface area contributed by atoms with Gasteiger partial charge >= 0.3 is 12.2 Å². The van der Waals surface area contributed by atoms with Gasteiger partial charge in [-0.1, -0.05) is 0 Å². The van der Waals surface area contributed by atoms with Crippen molar-refractivity contribution in [2.75, 3.05) is 13.1 Å². The quantitative estimate of drug-likeness (QED) is 0.485. The maximum atomic E-state index is 15.1. The molecule has 4 rings (SSSR count). The fourth-order valence-corrected chi connectivity index (χ4v) is 5.36. The van der Waals surface area contributed by atoms with Gasteiger partial charge in [0.15, 0.2) is 23.0 Å². The van der Waals surface area contributed by atoms with Gasteiger partial charge in [-0.05, 0) is 55.4 Å².